The van der Waals surface area contributed by atoms with Gasteiger partial charge in [0, 0.05) is 32.0 Å². The lowest BCUT2D eigenvalue weighted by Gasteiger charge is -2.30. The number of amides is 2. The number of nitrogens with one attached hydrogen (secondary N) is 1. The van der Waals surface area contributed by atoms with E-state index in [0.717, 1.165) is 25.7 Å². The molecule has 0 spiro atoms. The van der Waals surface area contributed by atoms with E-state index in [2.05, 4.69) is 5.32 Å². The zero-order valence-corrected chi connectivity index (χ0v) is 14.7. The number of nitrogens with zero attached hydrogens (tertiary/aromatic N) is 1. The number of carbonyl (C=O) groups is 2. The maximum absolute atomic E-state index is 12.2. The van der Waals surface area contributed by atoms with Crippen LogP contribution in [0.3, 0.4) is 0 Å². The van der Waals surface area contributed by atoms with Crippen LogP contribution in [0.5, 0.6) is 0 Å². The molecule has 1 saturated carbocycles. The Hall–Kier alpha value is -1.10. The molecule has 0 bridgehead atoms. The molecular weight excluding hydrogens is 278 g/mol. The SMILES string of the molecule is CC(CC(=O)N(C)CC(C)(C)CN)NC(=O)C1CCCCC1. The summed E-state index contributed by atoms with van der Waals surface area (Å²) in [4.78, 5) is 26.1. The van der Waals surface area contributed by atoms with E-state index in [9.17, 15) is 9.59 Å². The van der Waals surface area contributed by atoms with E-state index in [4.69, 9.17) is 5.73 Å². The minimum atomic E-state index is -0.120. The fourth-order valence-corrected chi connectivity index (χ4v) is 2.99. The van der Waals surface area contributed by atoms with Crippen molar-refractivity contribution in [2.45, 2.75) is 65.3 Å². The predicted molar refractivity (Wildman–Crippen MR) is 89.3 cm³/mol. The molecule has 0 aromatic carbocycles. The number of rotatable bonds is 7. The van der Waals surface area contributed by atoms with Gasteiger partial charge in [0.05, 0.1) is 0 Å². The van der Waals surface area contributed by atoms with Gasteiger partial charge in [-0.2, -0.15) is 0 Å². The number of nitrogens with two attached hydrogens (primary N) is 1. The standard InChI is InChI=1S/C17H33N3O2/c1-13(19-16(22)14-8-6-5-7-9-14)10-15(21)20(4)12-17(2,3)11-18/h13-14H,5-12,18H2,1-4H3,(H,19,22). The second kappa shape index (κ2) is 8.51. The maximum Gasteiger partial charge on any atom is 0.224 e. The Balaban J connectivity index is 2.38. The molecule has 128 valence electrons. The van der Waals surface area contributed by atoms with E-state index in [1.165, 1.54) is 6.42 Å². The van der Waals surface area contributed by atoms with Crippen LogP contribution >= 0.6 is 0 Å². The normalized spacial score (nSPS) is 17.9. The Labute approximate surface area is 135 Å². The molecule has 0 aliphatic heterocycles. The highest BCUT2D eigenvalue weighted by atomic mass is 16.2. The number of hydrogen-bond acceptors (Lipinski definition) is 3. The van der Waals surface area contributed by atoms with Crippen molar-refractivity contribution < 1.29 is 9.59 Å². The molecule has 0 saturated heterocycles. The summed E-state index contributed by atoms with van der Waals surface area (Å²) in [5.41, 5.74) is 5.63. The van der Waals surface area contributed by atoms with Crippen molar-refractivity contribution >= 4 is 11.8 Å². The fourth-order valence-electron chi connectivity index (χ4n) is 2.99. The van der Waals surface area contributed by atoms with E-state index in [1.807, 2.05) is 20.8 Å². The second-order valence-electron chi connectivity index (χ2n) is 7.57. The average Bonchev–Trinajstić information content (AvgIpc) is 2.47. The predicted octanol–water partition coefficient (Wildman–Crippen LogP) is 1.90. The van der Waals surface area contributed by atoms with Crippen molar-refractivity contribution in [3.63, 3.8) is 0 Å². The quantitative estimate of drug-likeness (QED) is 0.754. The van der Waals surface area contributed by atoms with Gasteiger partial charge >= 0.3 is 0 Å². The summed E-state index contributed by atoms with van der Waals surface area (Å²) in [5.74, 6) is 0.308. The van der Waals surface area contributed by atoms with Crippen LogP contribution < -0.4 is 11.1 Å². The summed E-state index contributed by atoms with van der Waals surface area (Å²) < 4.78 is 0. The molecule has 5 nitrogen and oxygen atoms in total. The molecule has 1 atom stereocenters. The van der Waals surface area contributed by atoms with E-state index >= 15 is 0 Å². The first kappa shape index (κ1) is 18.9. The summed E-state index contributed by atoms with van der Waals surface area (Å²) >= 11 is 0. The van der Waals surface area contributed by atoms with Gasteiger partial charge in [-0.15, -0.1) is 0 Å². The molecule has 0 heterocycles. The van der Waals surface area contributed by atoms with Gasteiger partial charge in [0.15, 0.2) is 0 Å². The molecule has 1 unspecified atom stereocenters. The first-order chi connectivity index (χ1) is 10.2. The van der Waals surface area contributed by atoms with Crippen LogP contribution in [0.15, 0.2) is 0 Å². The summed E-state index contributed by atoms with van der Waals surface area (Å²) in [5, 5.41) is 3.00. The molecule has 1 aliphatic carbocycles. The molecule has 1 rings (SSSR count). The summed E-state index contributed by atoms with van der Waals surface area (Å²) in [7, 11) is 1.80. The Morgan fingerprint density at radius 1 is 1.27 bits per heavy atom. The highest BCUT2D eigenvalue weighted by Gasteiger charge is 2.25. The largest absolute Gasteiger partial charge is 0.353 e. The van der Waals surface area contributed by atoms with Gasteiger partial charge in [-0.05, 0) is 31.7 Å². The smallest absolute Gasteiger partial charge is 0.224 e. The van der Waals surface area contributed by atoms with E-state index < -0.39 is 0 Å². The van der Waals surface area contributed by atoms with Gasteiger partial charge in [0.25, 0.3) is 0 Å². The Morgan fingerprint density at radius 3 is 2.41 bits per heavy atom. The third-order valence-corrected chi connectivity index (χ3v) is 4.49. The topological polar surface area (TPSA) is 75.4 Å². The minimum absolute atomic E-state index is 0.0537. The monoisotopic (exact) mass is 311 g/mol. The molecule has 0 aromatic rings. The molecule has 0 aromatic heterocycles. The van der Waals surface area contributed by atoms with Gasteiger partial charge in [0.2, 0.25) is 11.8 Å². The minimum Gasteiger partial charge on any atom is -0.353 e. The van der Waals surface area contributed by atoms with E-state index in [0.29, 0.717) is 19.5 Å². The van der Waals surface area contributed by atoms with Crippen molar-refractivity contribution in [3.05, 3.63) is 0 Å². The molecule has 2 amide bonds. The van der Waals surface area contributed by atoms with E-state index in [-0.39, 0.29) is 29.2 Å². The first-order valence-electron chi connectivity index (χ1n) is 8.49. The Morgan fingerprint density at radius 2 is 1.86 bits per heavy atom. The summed E-state index contributed by atoms with van der Waals surface area (Å²) in [6, 6.07) is -0.120. The summed E-state index contributed by atoms with van der Waals surface area (Å²) in [6.07, 6.45) is 5.83. The zero-order valence-electron chi connectivity index (χ0n) is 14.7. The van der Waals surface area contributed by atoms with Gasteiger partial charge in [-0.25, -0.2) is 0 Å². The molecule has 1 aliphatic rings. The van der Waals surface area contributed by atoms with Crippen LogP contribution in [0, 0.1) is 11.3 Å². The molecule has 1 fully saturated rings. The molecular formula is C17H33N3O2. The van der Waals surface area contributed by atoms with Gasteiger partial charge in [-0.3, -0.25) is 9.59 Å². The van der Waals surface area contributed by atoms with Crippen LogP contribution in [0.4, 0.5) is 0 Å². The van der Waals surface area contributed by atoms with Crippen molar-refractivity contribution in [1.29, 1.82) is 0 Å². The third kappa shape index (κ3) is 6.34. The lowest BCUT2D eigenvalue weighted by atomic mass is 9.88. The zero-order chi connectivity index (χ0) is 16.8. The first-order valence-corrected chi connectivity index (χ1v) is 8.49. The molecule has 0 radical (unpaired) electrons. The third-order valence-electron chi connectivity index (χ3n) is 4.49. The van der Waals surface area contributed by atoms with Gasteiger partial charge in [-0.1, -0.05) is 33.1 Å². The van der Waals surface area contributed by atoms with Gasteiger partial charge in [0.1, 0.15) is 0 Å². The molecule has 3 N–H and O–H groups in total. The lowest BCUT2D eigenvalue weighted by molar-refractivity contribution is -0.132. The van der Waals surface area contributed by atoms with Crippen LogP contribution in [-0.2, 0) is 9.59 Å². The van der Waals surface area contributed by atoms with Crippen LogP contribution in [-0.4, -0.2) is 42.9 Å². The molecule has 22 heavy (non-hydrogen) atoms. The van der Waals surface area contributed by atoms with Crippen molar-refractivity contribution in [1.82, 2.24) is 10.2 Å². The number of hydrogen-bond donors (Lipinski definition) is 2. The highest BCUT2D eigenvalue weighted by molar-refractivity contribution is 5.81. The molecule has 5 heteroatoms. The van der Waals surface area contributed by atoms with Crippen molar-refractivity contribution in [2.75, 3.05) is 20.1 Å². The van der Waals surface area contributed by atoms with Crippen molar-refractivity contribution in [2.24, 2.45) is 17.1 Å². The van der Waals surface area contributed by atoms with E-state index in [1.54, 1.807) is 11.9 Å². The fraction of sp³-hybridized carbons (Fsp3) is 0.882. The maximum atomic E-state index is 12.2. The lowest BCUT2D eigenvalue weighted by Crippen LogP contribution is -2.44. The van der Waals surface area contributed by atoms with Crippen molar-refractivity contribution in [3.8, 4) is 0 Å². The Bertz CT molecular complexity index is 376. The van der Waals surface area contributed by atoms with Crippen LogP contribution in [0.1, 0.15) is 59.3 Å². The van der Waals surface area contributed by atoms with Gasteiger partial charge < -0.3 is 16.0 Å². The van der Waals surface area contributed by atoms with Crippen LogP contribution in [0.2, 0.25) is 0 Å². The second-order valence-corrected chi connectivity index (χ2v) is 7.57. The average molecular weight is 311 g/mol. The Kier molecular flexibility index (Phi) is 7.33. The highest BCUT2D eigenvalue weighted by Crippen LogP contribution is 2.23. The number of carbonyl (C=O) groups excluding carboxylic acids is 2. The van der Waals surface area contributed by atoms with Crippen LogP contribution in [0.25, 0.3) is 0 Å². The summed E-state index contributed by atoms with van der Waals surface area (Å²) in [6.45, 7) is 7.17.